The number of benzene rings is 11. The molecular formula is C63H38N2O2. The van der Waals surface area contributed by atoms with E-state index < -0.39 is 5.41 Å². The Labute approximate surface area is 385 Å². The molecule has 3 heterocycles. The Bertz CT molecular complexity index is 4180. The Morgan fingerprint density at radius 3 is 1.85 bits per heavy atom. The molecule has 0 atom stereocenters. The average molecular weight is 855 g/mol. The first kappa shape index (κ1) is 36.5. The van der Waals surface area contributed by atoms with E-state index >= 15 is 0 Å². The van der Waals surface area contributed by atoms with Crippen LogP contribution < -0.4 is 9.64 Å². The predicted molar refractivity (Wildman–Crippen MR) is 275 cm³/mol. The zero-order chi connectivity index (χ0) is 43.8. The topological polar surface area (TPSA) is 30.5 Å². The van der Waals surface area contributed by atoms with Crippen LogP contribution in [0.4, 0.5) is 17.1 Å². The minimum atomic E-state index is -0.627. The first-order valence-corrected chi connectivity index (χ1v) is 23.0. The second-order valence-electron chi connectivity index (χ2n) is 17.9. The Hall–Kier alpha value is -8.86. The summed E-state index contributed by atoms with van der Waals surface area (Å²) < 4.78 is 15.6. The molecule has 4 nitrogen and oxygen atoms in total. The van der Waals surface area contributed by atoms with E-state index in [1.165, 1.54) is 54.6 Å². The first-order chi connectivity index (χ1) is 33.2. The molecule has 0 unspecified atom stereocenters. The summed E-state index contributed by atoms with van der Waals surface area (Å²) in [6.07, 6.45) is 0. The van der Waals surface area contributed by atoms with Gasteiger partial charge in [-0.3, -0.25) is 0 Å². The van der Waals surface area contributed by atoms with Crippen LogP contribution >= 0.6 is 0 Å². The van der Waals surface area contributed by atoms with Crippen molar-refractivity contribution in [1.82, 2.24) is 4.57 Å². The van der Waals surface area contributed by atoms with Crippen LogP contribution in [0.15, 0.2) is 235 Å². The highest BCUT2D eigenvalue weighted by Crippen LogP contribution is 2.62. The Kier molecular flexibility index (Phi) is 7.40. The van der Waals surface area contributed by atoms with Gasteiger partial charge in [0.1, 0.15) is 22.7 Å². The smallest absolute Gasteiger partial charge is 0.137 e. The summed E-state index contributed by atoms with van der Waals surface area (Å²) in [5.41, 5.74) is 15.0. The maximum atomic E-state index is 6.74. The van der Waals surface area contributed by atoms with Gasteiger partial charge < -0.3 is 18.6 Å². The summed E-state index contributed by atoms with van der Waals surface area (Å²) in [7, 11) is 0. The third-order valence-corrected chi connectivity index (χ3v) is 14.6. The van der Waals surface area contributed by atoms with Crippen LogP contribution in [0.1, 0.15) is 22.3 Å². The summed E-state index contributed by atoms with van der Waals surface area (Å²) in [5.74, 6) is 1.77. The molecule has 13 aromatic rings. The number of rotatable bonds is 4. The molecule has 0 radical (unpaired) electrons. The minimum absolute atomic E-state index is 0.627. The number of nitrogens with zero attached hydrogens (tertiary/aromatic N) is 2. The highest BCUT2D eigenvalue weighted by atomic mass is 16.5. The van der Waals surface area contributed by atoms with Crippen molar-refractivity contribution in [1.29, 1.82) is 0 Å². The molecule has 312 valence electrons. The highest BCUT2D eigenvalue weighted by molar-refractivity contribution is 6.15. The van der Waals surface area contributed by atoms with Crippen LogP contribution in [0.25, 0.3) is 82.1 Å². The monoisotopic (exact) mass is 854 g/mol. The molecule has 0 saturated carbocycles. The van der Waals surface area contributed by atoms with Crippen LogP contribution in [0, 0.1) is 0 Å². The molecule has 0 N–H and O–H groups in total. The number of fused-ring (bicyclic) bond motifs is 15. The quantitative estimate of drug-likeness (QED) is 0.177. The normalized spacial score (nSPS) is 13.3. The van der Waals surface area contributed by atoms with Gasteiger partial charge in [-0.15, -0.1) is 0 Å². The van der Waals surface area contributed by atoms with E-state index in [1.54, 1.807) is 0 Å². The lowest BCUT2D eigenvalue weighted by molar-refractivity contribution is 0.435. The summed E-state index contributed by atoms with van der Waals surface area (Å²) in [6, 6.07) is 84.0. The van der Waals surface area contributed by atoms with E-state index in [-0.39, 0.29) is 0 Å². The zero-order valence-electron chi connectivity index (χ0n) is 36.2. The van der Waals surface area contributed by atoms with Crippen LogP contribution in [0.3, 0.4) is 0 Å². The Morgan fingerprint density at radius 1 is 0.373 bits per heavy atom. The van der Waals surface area contributed by atoms with E-state index in [2.05, 4.69) is 228 Å². The minimum Gasteiger partial charge on any atom is -0.457 e. The van der Waals surface area contributed by atoms with Crippen LogP contribution in [0.2, 0.25) is 0 Å². The SMILES string of the molecule is c1ccc2c(c1)Oc1ccccc1C21c2ccccc2-c2ccc(N(c3ccc4c5ccccc5n(-c5ccc6c(c5)oc5ccccc56)c4c3)c3cccc4ccccc34)c3cccc1c23. The molecule has 2 aliphatic rings. The van der Waals surface area contributed by atoms with Crippen LogP contribution in [-0.4, -0.2) is 4.57 Å². The van der Waals surface area contributed by atoms with Crippen molar-refractivity contribution in [2.75, 3.05) is 4.90 Å². The van der Waals surface area contributed by atoms with Gasteiger partial charge in [0, 0.05) is 60.9 Å². The molecule has 11 aromatic carbocycles. The average Bonchev–Trinajstić information content (AvgIpc) is 3.93. The highest BCUT2D eigenvalue weighted by Gasteiger charge is 2.49. The van der Waals surface area contributed by atoms with Crippen LogP contribution in [0.5, 0.6) is 11.5 Å². The van der Waals surface area contributed by atoms with Crippen molar-refractivity contribution in [2.24, 2.45) is 0 Å². The lowest BCUT2D eigenvalue weighted by atomic mass is 9.58. The molecule has 1 aliphatic carbocycles. The van der Waals surface area contributed by atoms with E-state index in [1.807, 2.05) is 12.1 Å². The molecule has 0 saturated heterocycles. The lowest BCUT2D eigenvalue weighted by Crippen LogP contribution is -2.36. The Morgan fingerprint density at radius 2 is 0.985 bits per heavy atom. The molecule has 0 fully saturated rings. The van der Waals surface area contributed by atoms with Crippen molar-refractivity contribution >= 4 is 82.4 Å². The number of hydrogen-bond donors (Lipinski definition) is 0. The third kappa shape index (κ3) is 4.91. The Balaban J connectivity index is 1.03. The van der Waals surface area contributed by atoms with Crippen molar-refractivity contribution in [3.63, 3.8) is 0 Å². The fraction of sp³-hybridized carbons (Fsp3) is 0.0159. The van der Waals surface area contributed by atoms with E-state index in [9.17, 15) is 0 Å². The second-order valence-corrected chi connectivity index (χ2v) is 17.9. The van der Waals surface area contributed by atoms with Crippen molar-refractivity contribution in [3.8, 4) is 28.3 Å². The molecule has 67 heavy (non-hydrogen) atoms. The predicted octanol–water partition coefficient (Wildman–Crippen LogP) is 16.9. The standard InChI is InChI=1S/C63H38N2O2/c1-2-17-42-39(15-1)16-13-27-54(42)64(40-31-33-45-44-19-4-9-26-55(44)65(57(45)37-40)41-32-34-47-46-20-5-10-28-58(46)66-61(47)38-41)56-36-35-48-43-18-3-6-22-50(43)63(53-25-14-21-49(56)62(48)53)51-23-7-11-29-59(51)67-60-30-12-8-24-52(60)63/h1-38H. The fourth-order valence-electron chi connectivity index (χ4n) is 11.9. The molecule has 15 rings (SSSR count). The number of hydrogen-bond acceptors (Lipinski definition) is 3. The van der Waals surface area contributed by atoms with Gasteiger partial charge in [-0.1, -0.05) is 164 Å². The molecule has 4 heteroatoms. The zero-order valence-corrected chi connectivity index (χ0v) is 36.2. The van der Waals surface area contributed by atoms with Gasteiger partial charge in [0.05, 0.1) is 27.8 Å². The summed E-state index contributed by atoms with van der Waals surface area (Å²) >= 11 is 0. The summed E-state index contributed by atoms with van der Waals surface area (Å²) in [6.45, 7) is 0. The van der Waals surface area contributed by atoms with E-state index in [0.717, 1.165) is 78.3 Å². The van der Waals surface area contributed by atoms with Crippen LogP contribution in [-0.2, 0) is 5.41 Å². The van der Waals surface area contributed by atoms with E-state index in [4.69, 9.17) is 9.15 Å². The molecule has 1 spiro atoms. The van der Waals surface area contributed by atoms with Gasteiger partial charge in [-0.25, -0.2) is 0 Å². The number of furan rings is 1. The van der Waals surface area contributed by atoms with Gasteiger partial charge >= 0.3 is 0 Å². The molecule has 1 aliphatic heterocycles. The maximum absolute atomic E-state index is 6.74. The maximum Gasteiger partial charge on any atom is 0.137 e. The lowest BCUT2D eigenvalue weighted by Gasteiger charge is -2.45. The second kappa shape index (κ2) is 13.6. The van der Waals surface area contributed by atoms with E-state index in [0.29, 0.717) is 0 Å². The molecule has 0 bridgehead atoms. The third-order valence-electron chi connectivity index (χ3n) is 14.6. The van der Waals surface area contributed by atoms with Gasteiger partial charge in [0.25, 0.3) is 0 Å². The number of aromatic nitrogens is 1. The van der Waals surface area contributed by atoms with Gasteiger partial charge in [0.2, 0.25) is 0 Å². The van der Waals surface area contributed by atoms with Gasteiger partial charge in [-0.2, -0.15) is 0 Å². The molecule has 0 amide bonds. The fourth-order valence-corrected chi connectivity index (χ4v) is 11.9. The number of para-hydroxylation sites is 4. The largest absolute Gasteiger partial charge is 0.457 e. The molecule has 2 aromatic heterocycles. The summed E-state index contributed by atoms with van der Waals surface area (Å²) in [5, 5.41) is 9.41. The number of ether oxygens (including phenoxy) is 1. The van der Waals surface area contributed by atoms with Gasteiger partial charge in [-0.05, 0) is 93.7 Å². The molecular weight excluding hydrogens is 817 g/mol. The van der Waals surface area contributed by atoms with Gasteiger partial charge in [0.15, 0.2) is 0 Å². The summed E-state index contributed by atoms with van der Waals surface area (Å²) in [4.78, 5) is 2.49. The van der Waals surface area contributed by atoms with Crippen molar-refractivity contribution < 1.29 is 9.15 Å². The number of anilines is 3. The van der Waals surface area contributed by atoms with Crippen molar-refractivity contribution in [2.45, 2.75) is 5.41 Å². The first-order valence-electron chi connectivity index (χ1n) is 23.0. The van der Waals surface area contributed by atoms with Crippen molar-refractivity contribution in [3.05, 3.63) is 253 Å².